The number of carbonyl (C=O) groups excluding carboxylic acids is 1. The van der Waals surface area contributed by atoms with Crippen LogP contribution in [0.15, 0.2) is 24.3 Å². The maximum absolute atomic E-state index is 11.8. The normalized spacial score (nSPS) is 19.0. The van der Waals surface area contributed by atoms with Gasteiger partial charge in [-0.1, -0.05) is 31.4 Å². The molecule has 0 spiro atoms. The van der Waals surface area contributed by atoms with E-state index >= 15 is 0 Å². The van der Waals surface area contributed by atoms with Gasteiger partial charge in [0.2, 0.25) is 5.91 Å². The summed E-state index contributed by atoms with van der Waals surface area (Å²) in [7, 11) is 0. The SMILES string of the molecule is O=C1CCCN1c1ccc(CNC(=S)NC2CCCCC2)cc1. The van der Waals surface area contributed by atoms with Crippen LogP contribution in [0.1, 0.15) is 50.5 Å². The van der Waals surface area contributed by atoms with E-state index in [1.165, 1.54) is 37.7 Å². The summed E-state index contributed by atoms with van der Waals surface area (Å²) in [6.45, 7) is 1.55. The Balaban J connectivity index is 1.46. The molecule has 0 bridgehead atoms. The summed E-state index contributed by atoms with van der Waals surface area (Å²) in [6, 6.07) is 8.72. The average Bonchev–Trinajstić information content (AvgIpc) is 3.00. The number of rotatable bonds is 4. The van der Waals surface area contributed by atoms with Crippen molar-refractivity contribution < 1.29 is 4.79 Å². The first kappa shape index (κ1) is 16.2. The summed E-state index contributed by atoms with van der Waals surface area (Å²) in [5.41, 5.74) is 2.17. The highest BCUT2D eigenvalue weighted by Gasteiger charge is 2.21. The van der Waals surface area contributed by atoms with E-state index in [2.05, 4.69) is 22.8 Å². The van der Waals surface area contributed by atoms with Crippen LogP contribution >= 0.6 is 12.2 Å². The molecule has 0 radical (unpaired) electrons. The van der Waals surface area contributed by atoms with E-state index in [0.29, 0.717) is 19.0 Å². The number of benzene rings is 1. The molecule has 1 aromatic rings. The molecule has 124 valence electrons. The third-order valence-electron chi connectivity index (χ3n) is 4.71. The zero-order chi connectivity index (χ0) is 16.1. The highest BCUT2D eigenvalue weighted by Crippen LogP contribution is 2.21. The van der Waals surface area contributed by atoms with Gasteiger partial charge in [-0.15, -0.1) is 0 Å². The van der Waals surface area contributed by atoms with Gasteiger partial charge >= 0.3 is 0 Å². The van der Waals surface area contributed by atoms with Crippen molar-refractivity contribution in [1.82, 2.24) is 10.6 Å². The second-order valence-electron chi connectivity index (χ2n) is 6.48. The minimum atomic E-state index is 0.230. The number of anilines is 1. The molecule has 2 fully saturated rings. The predicted octanol–water partition coefficient (Wildman–Crippen LogP) is 3.11. The highest BCUT2D eigenvalue weighted by molar-refractivity contribution is 7.80. The van der Waals surface area contributed by atoms with Crippen molar-refractivity contribution in [2.24, 2.45) is 0 Å². The molecule has 23 heavy (non-hydrogen) atoms. The van der Waals surface area contributed by atoms with Crippen LogP contribution in [-0.4, -0.2) is 23.6 Å². The number of nitrogens with one attached hydrogen (secondary N) is 2. The first-order valence-electron chi connectivity index (χ1n) is 8.66. The topological polar surface area (TPSA) is 44.4 Å². The number of thiocarbonyl (C=S) groups is 1. The van der Waals surface area contributed by atoms with E-state index in [9.17, 15) is 4.79 Å². The maximum atomic E-state index is 11.8. The van der Waals surface area contributed by atoms with Gasteiger partial charge < -0.3 is 15.5 Å². The van der Waals surface area contributed by atoms with Gasteiger partial charge in [-0.3, -0.25) is 4.79 Å². The molecule has 0 atom stereocenters. The van der Waals surface area contributed by atoms with E-state index in [1.54, 1.807) is 0 Å². The second kappa shape index (κ2) is 7.77. The third kappa shape index (κ3) is 4.44. The number of amides is 1. The Morgan fingerprint density at radius 1 is 1.13 bits per heavy atom. The van der Waals surface area contributed by atoms with Crippen LogP contribution in [-0.2, 0) is 11.3 Å². The Kier molecular flexibility index (Phi) is 5.49. The number of carbonyl (C=O) groups is 1. The van der Waals surface area contributed by atoms with Crippen molar-refractivity contribution >= 4 is 28.9 Å². The Bertz CT molecular complexity index is 552. The zero-order valence-electron chi connectivity index (χ0n) is 13.5. The molecule has 1 aliphatic heterocycles. The summed E-state index contributed by atoms with van der Waals surface area (Å²) in [6.07, 6.45) is 8.03. The molecular weight excluding hydrogens is 306 g/mol. The molecule has 1 aliphatic carbocycles. The summed E-state index contributed by atoms with van der Waals surface area (Å²) in [5, 5.41) is 7.45. The van der Waals surface area contributed by atoms with Gasteiger partial charge in [0.15, 0.2) is 5.11 Å². The van der Waals surface area contributed by atoms with Gasteiger partial charge in [-0.05, 0) is 49.2 Å². The van der Waals surface area contributed by atoms with Crippen LogP contribution in [0.4, 0.5) is 5.69 Å². The van der Waals surface area contributed by atoms with Crippen molar-refractivity contribution in [1.29, 1.82) is 0 Å². The van der Waals surface area contributed by atoms with E-state index in [-0.39, 0.29) is 5.91 Å². The summed E-state index contributed by atoms with van der Waals surface area (Å²) in [4.78, 5) is 13.6. The maximum Gasteiger partial charge on any atom is 0.227 e. The molecule has 0 aromatic heterocycles. The predicted molar refractivity (Wildman–Crippen MR) is 97.5 cm³/mol. The van der Waals surface area contributed by atoms with Crippen molar-refractivity contribution in [3.63, 3.8) is 0 Å². The monoisotopic (exact) mass is 331 g/mol. The molecule has 0 unspecified atom stereocenters. The van der Waals surface area contributed by atoms with Crippen molar-refractivity contribution in [3.8, 4) is 0 Å². The van der Waals surface area contributed by atoms with Crippen LogP contribution < -0.4 is 15.5 Å². The molecule has 1 saturated heterocycles. The van der Waals surface area contributed by atoms with Crippen molar-refractivity contribution in [3.05, 3.63) is 29.8 Å². The van der Waals surface area contributed by atoms with E-state index in [1.807, 2.05) is 17.0 Å². The third-order valence-corrected chi connectivity index (χ3v) is 4.98. The second-order valence-corrected chi connectivity index (χ2v) is 6.89. The van der Waals surface area contributed by atoms with Crippen LogP contribution in [0.2, 0.25) is 0 Å². The Morgan fingerprint density at radius 2 is 1.87 bits per heavy atom. The molecule has 1 saturated carbocycles. The van der Waals surface area contributed by atoms with Crippen molar-refractivity contribution in [2.45, 2.75) is 57.5 Å². The summed E-state index contributed by atoms with van der Waals surface area (Å²) >= 11 is 5.39. The quantitative estimate of drug-likeness (QED) is 0.832. The lowest BCUT2D eigenvalue weighted by Gasteiger charge is -2.24. The lowest BCUT2D eigenvalue weighted by Crippen LogP contribution is -2.42. The molecule has 3 rings (SSSR count). The minimum absolute atomic E-state index is 0.230. The van der Waals surface area contributed by atoms with Gasteiger partial charge in [-0.2, -0.15) is 0 Å². The number of nitrogens with zero attached hydrogens (tertiary/aromatic N) is 1. The molecule has 1 heterocycles. The Labute approximate surface area is 143 Å². The Morgan fingerprint density at radius 3 is 2.52 bits per heavy atom. The van der Waals surface area contributed by atoms with Gasteiger partial charge in [0.1, 0.15) is 0 Å². The fourth-order valence-electron chi connectivity index (χ4n) is 3.38. The van der Waals surface area contributed by atoms with E-state index in [4.69, 9.17) is 12.2 Å². The molecule has 5 heteroatoms. The molecule has 2 aliphatic rings. The van der Waals surface area contributed by atoms with E-state index < -0.39 is 0 Å². The lowest BCUT2D eigenvalue weighted by molar-refractivity contribution is -0.117. The van der Waals surface area contributed by atoms with Crippen LogP contribution in [0, 0.1) is 0 Å². The van der Waals surface area contributed by atoms with E-state index in [0.717, 1.165) is 23.8 Å². The standard InChI is InChI=1S/C18H25N3OS/c22-17-7-4-12-21(17)16-10-8-14(9-11-16)13-19-18(23)20-15-5-2-1-3-6-15/h8-11,15H,1-7,12-13H2,(H2,19,20,23). The molecular formula is C18H25N3OS. The largest absolute Gasteiger partial charge is 0.360 e. The molecule has 2 N–H and O–H groups in total. The van der Waals surface area contributed by atoms with Crippen molar-refractivity contribution in [2.75, 3.05) is 11.4 Å². The Hall–Kier alpha value is -1.62. The summed E-state index contributed by atoms with van der Waals surface area (Å²) < 4.78 is 0. The number of hydrogen-bond donors (Lipinski definition) is 2. The first-order valence-corrected chi connectivity index (χ1v) is 9.07. The van der Waals surface area contributed by atoms with Gasteiger partial charge in [0.25, 0.3) is 0 Å². The van der Waals surface area contributed by atoms with Crippen LogP contribution in [0.25, 0.3) is 0 Å². The van der Waals surface area contributed by atoms with Gasteiger partial charge in [0.05, 0.1) is 0 Å². The molecule has 4 nitrogen and oxygen atoms in total. The van der Waals surface area contributed by atoms with Crippen LogP contribution in [0.3, 0.4) is 0 Å². The van der Waals surface area contributed by atoms with Crippen LogP contribution in [0.5, 0.6) is 0 Å². The lowest BCUT2D eigenvalue weighted by atomic mass is 9.96. The fourth-order valence-corrected chi connectivity index (χ4v) is 3.62. The van der Waals surface area contributed by atoms with Gasteiger partial charge in [-0.25, -0.2) is 0 Å². The molecule has 1 amide bonds. The fraction of sp³-hybridized carbons (Fsp3) is 0.556. The van der Waals surface area contributed by atoms with Gasteiger partial charge in [0, 0.05) is 31.2 Å². The smallest absolute Gasteiger partial charge is 0.227 e. The number of hydrogen-bond acceptors (Lipinski definition) is 2. The molecule has 1 aromatic carbocycles. The summed E-state index contributed by atoms with van der Waals surface area (Å²) in [5.74, 6) is 0.230. The highest BCUT2D eigenvalue weighted by atomic mass is 32.1. The average molecular weight is 331 g/mol. The zero-order valence-corrected chi connectivity index (χ0v) is 14.3. The first-order chi connectivity index (χ1) is 11.2. The minimum Gasteiger partial charge on any atom is -0.360 e.